The van der Waals surface area contributed by atoms with Crippen LogP contribution in [0.3, 0.4) is 0 Å². The molecule has 0 radical (unpaired) electrons. The van der Waals surface area contributed by atoms with E-state index in [1.54, 1.807) is 7.11 Å². The Morgan fingerprint density at radius 1 is 0.650 bits per heavy atom. The summed E-state index contributed by atoms with van der Waals surface area (Å²) in [5, 5.41) is 8.85. The van der Waals surface area contributed by atoms with Crippen LogP contribution in [0.5, 0.6) is 5.75 Å². The molecule has 0 saturated carbocycles. The highest BCUT2D eigenvalue weighted by Gasteiger charge is 2.36. The Balaban J connectivity index is 0.00000961. The molecule has 1 aliphatic carbocycles. The van der Waals surface area contributed by atoms with E-state index in [9.17, 15) is 21.6 Å². The number of carboxylic acids is 1. The number of carboxylic acid groups (broad SMARTS) is 1. The number of unbranched alkanes of at least 4 members (excludes halogenated alkanes) is 2. The first-order valence-electron chi connectivity index (χ1n) is 20.4. The first kappa shape index (κ1) is 50.9. The molecule has 336 valence electrons. The number of carbonyl (C=O) groups is 1. The van der Waals surface area contributed by atoms with Crippen molar-refractivity contribution in [2.75, 3.05) is 84.6 Å². The largest absolute Gasteiger partial charge is 0.494 e. The maximum absolute atomic E-state index is 12.8. The minimum Gasteiger partial charge on any atom is -0.494 e. The number of nitrogens with one attached hydrogen (secondary N) is 2. The average Bonchev–Trinajstić information content (AvgIpc) is 3.21. The Morgan fingerprint density at radius 2 is 1.22 bits per heavy atom. The molecule has 0 aliphatic heterocycles. The summed E-state index contributed by atoms with van der Waals surface area (Å²) in [5.74, 6) is -0.334. The molecule has 60 heavy (non-hydrogen) atoms. The van der Waals surface area contributed by atoms with Crippen molar-refractivity contribution < 1.29 is 55.2 Å². The van der Waals surface area contributed by atoms with Gasteiger partial charge >= 0.3 is 5.97 Å². The molecule has 14 nitrogen and oxygen atoms in total. The summed E-state index contributed by atoms with van der Waals surface area (Å²) in [6, 6.07) is 20.2. The standard InChI is InChI=1S/C43H62N2O12S2.CH4/c1-4-21-53-25-19-44-58(48,49)29-8-23-56-42-39-31-33(2)11-17-37(39)38-18-14-35(34-12-15-36(16-13-34)55-22-7-5-6-10-41(46)47)32-40(38)43(42)57-24-9-30-59(50,51)45-20-26-54-28-27-52-3;/h11-18,31-32,42-45H,4-10,19-30H2,1-3H3,(H,46,47);1H4. The number of sulfonamides is 2. The second-order valence-corrected chi connectivity index (χ2v) is 18.3. The summed E-state index contributed by atoms with van der Waals surface area (Å²) < 4.78 is 91.0. The Labute approximate surface area is 357 Å². The van der Waals surface area contributed by atoms with Crippen molar-refractivity contribution in [3.05, 3.63) is 77.4 Å². The molecule has 0 aromatic heterocycles. The smallest absolute Gasteiger partial charge is 0.303 e. The second-order valence-electron chi connectivity index (χ2n) is 14.4. The minimum atomic E-state index is -3.58. The molecule has 0 amide bonds. The quantitative estimate of drug-likeness (QED) is 0.0574. The third-order valence-corrected chi connectivity index (χ3v) is 12.5. The number of aliphatic carboxylic acids is 1. The molecular weight excluding hydrogens is 813 g/mol. The first-order chi connectivity index (χ1) is 28.4. The Hall–Kier alpha value is -3.45. The summed E-state index contributed by atoms with van der Waals surface area (Å²) in [4.78, 5) is 10.8. The lowest BCUT2D eigenvalue weighted by Gasteiger charge is -2.36. The van der Waals surface area contributed by atoms with E-state index in [2.05, 4.69) is 39.8 Å². The van der Waals surface area contributed by atoms with Gasteiger partial charge in [0.15, 0.2) is 0 Å². The normalized spacial score (nSPS) is 14.9. The van der Waals surface area contributed by atoms with E-state index in [4.69, 9.17) is 33.5 Å². The van der Waals surface area contributed by atoms with Gasteiger partial charge in [0.25, 0.3) is 0 Å². The van der Waals surface area contributed by atoms with E-state index in [1.165, 1.54) is 0 Å². The second kappa shape index (κ2) is 26.8. The molecule has 2 unspecified atom stereocenters. The fourth-order valence-electron chi connectivity index (χ4n) is 6.65. The van der Waals surface area contributed by atoms with Crippen LogP contribution in [-0.4, -0.2) is 112 Å². The van der Waals surface area contributed by atoms with Gasteiger partial charge in [-0.2, -0.15) is 0 Å². The van der Waals surface area contributed by atoms with E-state index in [0.29, 0.717) is 45.2 Å². The van der Waals surface area contributed by atoms with Crippen molar-refractivity contribution in [1.29, 1.82) is 0 Å². The molecule has 2 atom stereocenters. The third kappa shape index (κ3) is 17.5. The summed E-state index contributed by atoms with van der Waals surface area (Å²) >= 11 is 0. The van der Waals surface area contributed by atoms with Crippen LogP contribution in [-0.2, 0) is 48.5 Å². The number of methoxy groups -OCH3 is 1. The van der Waals surface area contributed by atoms with Gasteiger partial charge in [-0.15, -0.1) is 0 Å². The Morgan fingerprint density at radius 3 is 1.80 bits per heavy atom. The van der Waals surface area contributed by atoms with Gasteiger partial charge in [-0.3, -0.25) is 4.79 Å². The molecule has 3 aromatic rings. The van der Waals surface area contributed by atoms with E-state index >= 15 is 0 Å². The number of aryl methyl sites for hydroxylation is 1. The molecule has 0 fully saturated rings. The fourth-order valence-corrected chi connectivity index (χ4v) is 8.72. The average molecular weight is 879 g/mol. The Bertz CT molecular complexity index is 1940. The zero-order valence-electron chi connectivity index (χ0n) is 34.6. The minimum absolute atomic E-state index is 0. The lowest BCUT2D eigenvalue weighted by Crippen LogP contribution is -2.31. The summed E-state index contributed by atoms with van der Waals surface area (Å²) in [5.41, 5.74) is 6.66. The molecule has 0 heterocycles. The molecule has 0 saturated heterocycles. The number of hydrogen-bond acceptors (Lipinski definition) is 11. The van der Waals surface area contributed by atoms with Crippen molar-refractivity contribution in [3.63, 3.8) is 0 Å². The molecule has 0 bridgehead atoms. The molecule has 1 aliphatic rings. The van der Waals surface area contributed by atoms with Gasteiger partial charge < -0.3 is 33.5 Å². The van der Waals surface area contributed by atoms with Crippen LogP contribution in [0.25, 0.3) is 22.3 Å². The monoisotopic (exact) mass is 878 g/mol. The van der Waals surface area contributed by atoms with Gasteiger partial charge in [-0.1, -0.05) is 62.4 Å². The highest BCUT2D eigenvalue weighted by molar-refractivity contribution is 7.89. The maximum atomic E-state index is 12.8. The molecule has 3 aromatic carbocycles. The molecular formula is C44H66N2O12S2. The number of benzene rings is 3. The van der Waals surface area contributed by atoms with Crippen molar-refractivity contribution in [1.82, 2.24) is 9.44 Å². The van der Waals surface area contributed by atoms with Crippen LogP contribution >= 0.6 is 0 Å². The van der Waals surface area contributed by atoms with Crippen molar-refractivity contribution in [2.24, 2.45) is 0 Å². The topological polar surface area (TPSA) is 185 Å². The Kier molecular flexibility index (Phi) is 22.7. The first-order valence-corrected chi connectivity index (χ1v) is 23.8. The molecule has 3 N–H and O–H groups in total. The maximum Gasteiger partial charge on any atom is 0.303 e. The number of ether oxygens (including phenoxy) is 6. The highest BCUT2D eigenvalue weighted by atomic mass is 32.2. The van der Waals surface area contributed by atoms with Gasteiger partial charge in [0.2, 0.25) is 20.0 Å². The van der Waals surface area contributed by atoms with Crippen LogP contribution in [0.2, 0.25) is 0 Å². The lowest BCUT2D eigenvalue weighted by molar-refractivity contribution is -0.137. The van der Waals surface area contributed by atoms with Crippen LogP contribution < -0.4 is 14.2 Å². The van der Waals surface area contributed by atoms with E-state index < -0.39 is 38.2 Å². The lowest BCUT2D eigenvalue weighted by atomic mass is 9.80. The van der Waals surface area contributed by atoms with Crippen LogP contribution in [0.15, 0.2) is 60.7 Å². The number of hydrogen-bond donors (Lipinski definition) is 3. The molecule has 4 rings (SSSR count). The van der Waals surface area contributed by atoms with Crippen LogP contribution in [0.4, 0.5) is 0 Å². The molecule has 16 heteroatoms. The van der Waals surface area contributed by atoms with Crippen molar-refractivity contribution in [3.8, 4) is 28.0 Å². The van der Waals surface area contributed by atoms with Gasteiger partial charge in [-0.05, 0) is 97.0 Å². The zero-order valence-corrected chi connectivity index (χ0v) is 36.3. The molecule has 0 spiro atoms. The highest BCUT2D eigenvalue weighted by Crippen LogP contribution is 2.49. The number of fused-ring (bicyclic) bond motifs is 3. The third-order valence-electron chi connectivity index (χ3n) is 9.55. The van der Waals surface area contributed by atoms with Crippen molar-refractivity contribution in [2.45, 2.75) is 78.4 Å². The summed E-state index contributed by atoms with van der Waals surface area (Å²) in [7, 11) is -5.56. The van der Waals surface area contributed by atoms with Gasteiger partial charge in [0, 0.05) is 46.4 Å². The van der Waals surface area contributed by atoms with Crippen LogP contribution in [0.1, 0.15) is 88.2 Å². The summed E-state index contributed by atoms with van der Waals surface area (Å²) in [6.45, 7) is 7.02. The fraction of sp³-hybridized carbons (Fsp3) is 0.568. The predicted octanol–water partition coefficient (Wildman–Crippen LogP) is 6.83. The van der Waals surface area contributed by atoms with Gasteiger partial charge in [0.05, 0.1) is 44.5 Å². The van der Waals surface area contributed by atoms with Crippen molar-refractivity contribution >= 4 is 26.0 Å². The zero-order chi connectivity index (χ0) is 42.5. The van der Waals surface area contributed by atoms with Gasteiger partial charge in [-0.25, -0.2) is 26.3 Å². The van der Waals surface area contributed by atoms with E-state index in [0.717, 1.165) is 58.2 Å². The summed E-state index contributed by atoms with van der Waals surface area (Å²) in [6.07, 6.45) is 2.42. The van der Waals surface area contributed by atoms with E-state index in [-0.39, 0.29) is 71.1 Å². The number of rotatable bonds is 31. The van der Waals surface area contributed by atoms with Crippen LogP contribution in [0, 0.1) is 6.92 Å². The van der Waals surface area contributed by atoms with Gasteiger partial charge in [0.1, 0.15) is 18.0 Å². The predicted molar refractivity (Wildman–Crippen MR) is 234 cm³/mol. The van der Waals surface area contributed by atoms with E-state index in [1.807, 2.05) is 44.2 Å². The SMILES string of the molecule is C.CCCOCCNS(=O)(=O)CCCOC1c2cc(C)ccc2-c2ccc(-c3ccc(OCCCCCC(=O)O)cc3)cc2C1OCCCS(=O)(=O)NCCOCCOC.